The number of amides is 1. The van der Waals surface area contributed by atoms with E-state index in [2.05, 4.69) is 44.3 Å². The Hall–Kier alpha value is -1.35. The van der Waals surface area contributed by atoms with Gasteiger partial charge >= 0.3 is 0 Å². The molecule has 0 aliphatic heterocycles. The van der Waals surface area contributed by atoms with Crippen molar-refractivity contribution in [2.24, 2.45) is 11.7 Å². The van der Waals surface area contributed by atoms with Crippen LogP contribution in [-0.4, -0.2) is 12.5 Å². The average molecular weight is 262 g/mol. The molecule has 0 saturated heterocycles. The maximum Gasteiger partial charge on any atom is 0.224 e. The van der Waals surface area contributed by atoms with Crippen molar-refractivity contribution in [3.05, 3.63) is 34.9 Å². The molecule has 0 aliphatic carbocycles. The highest BCUT2D eigenvalue weighted by Gasteiger charge is 2.14. The van der Waals surface area contributed by atoms with Gasteiger partial charge < -0.3 is 11.1 Å². The molecule has 1 unspecified atom stereocenters. The van der Waals surface area contributed by atoms with E-state index in [1.165, 1.54) is 16.7 Å². The van der Waals surface area contributed by atoms with Gasteiger partial charge in [-0.05, 0) is 36.0 Å². The van der Waals surface area contributed by atoms with E-state index in [1.54, 1.807) is 0 Å². The first-order valence-electron chi connectivity index (χ1n) is 7.06. The lowest BCUT2D eigenvalue weighted by atomic mass is 9.97. The van der Waals surface area contributed by atoms with Gasteiger partial charge in [0.2, 0.25) is 5.91 Å². The number of nitrogens with one attached hydrogen (secondary N) is 1. The Morgan fingerprint density at radius 1 is 1.37 bits per heavy atom. The minimum atomic E-state index is -0.0754. The zero-order valence-corrected chi connectivity index (χ0v) is 12.5. The minimum Gasteiger partial charge on any atom is -0.352 e. The van der Waals surface area contributed by atoms with Crippen molar-refractivity contribution in [1.82, 2.24) is 5.32 Å². The van der Waals surface area contributed by atoms with Crippen LogP contribution < -0.4 is 11.1 Å². The van der Waals surface area contributed by atoms with Crippen LogP contribution in [0.4, 0.5) is 0 Å². The molecule has 0 aromatic heterocycles. The maximum atomic E-state index is 11.9. The lowest BCUT2D eigenvalue weighted by molar-refractivity contribution is -0.124. The number of hydrogen-bond donors (Lipinski definition) is 2. The summed E-state index contributed by atoms with van der Waals surface area (Å²) in [5, 5.41) is 2.99. The van der Waals surface area contributed by atoms with Crippen molar-refractivity contribution in [3.63, 3.8) is 0 Å². The van der Waals surface area contributed by atoms with Crippen molar-refractivity contribution in [2.75, 3.05) is 6.54 Å². The van der Waals surface area contributed by atoms with E-state index in [0.717, 1.165) is 6.42 Å². The second kappa shape index (κ2) is 7.29. The van der Waals surface area contributed by atoms with E-state index in [4.69, 9.17) is 5.73 Å². The van der Waals surface area contributed by atoms with Crippen LogP contribution >= 0.6 is 0 Å². The van der Waals surface area contributed by atoms with Gasteiger partial charge in [-0.2, -0.15) is 0 Å². The first kappa shape index (κ1) is 15.7. The zero-order chi connectivity index (χ0) is 14.4. The number of nitrogens with two attached hydrogens (primary N) is 1. The number of carbonyl (C=O) groups excluding carboxylic acids is 1. The highest BCUT2D eigenvalue weighted by Crippen LogP contribution is 2.18. The lowest BCUT2D eigenvalue weighted by Gasteiger charge is -2.15. The van der Waals surface area contributed by atoms with Crippen LogP contribution in [0, 0.1) is 12.8 Å². The first-order valence-corrected chi connectivity index (χ1v) is 7.06. The van der Waals surface area contributed by atoms with Crippen molar-refractivity contribution < 1.29 is 4.79 Å². The van der Waals surface area contributed by atoms with Gasteiger partial charge in [0.1, 0.15) is 0 Å². The zero-order valence-electron chi connectivity index (χ0n) is 12.5. The van der Waals surface area contributed by atoms with Gasteiger partial charge in [0.05, 0.1) is 0 Å². The summed E-state index contributed by atoms with van der Waals surface area (Å²) in [7, 11) is 0. The third kappa shape index (κ3) is 4.35. The molecular weight excluding hydrogens is 236 g/mol. The smallest absolute Gasteiger partial charge is 0.224 e. The molecule has 0 radical (unpaired) electrons. The third-order valence-corrected chi connectivity index (χ3v) is 3.64. The van der Waals surface area contributed by atoms with Crippen LogP contribution in [0.25, 0.3) is 0 Å². The van der Waals surface area contributed by atoms with Crippen molar-refractivity contribution >= 4 is 5.91 Å². The maximum absolute atomic E-state index is 11.9. The molecule has 0 spiro atoms. The monoisotopic (exact) mass is 262 g/mol. The molecule has 1 aromatic carbocycles. The van der Waals surface area contributed by atoms with E-state index in [0.29, 0.717) is 19.0 Å². The lowest BCUT2D eigenvalue weighted by Crippen LogP contribution is -2.34. The summed E-state index contributed by atoms with van der Waals surface area (Å²) in [6, 6.07) is 6.46. The molecule has 0 aliphatic rings. The summed E-state index contributed by atoms with van der Waals surface area (Å²) < 4.78 is 0. The second-order valence-corrected chi connectivity index (χ2v) is 5.40. The van der Waals surface area contributed by atoms with E-state index in [9.17, 15) is 4.79 Å². The van der Waals surface area contributed by atoms with Gasteiger partial charge in [-0.25, -0.2) is 0 Å². The second-order valence-electron chi connectivity index (χ2n) is 5.40. The van der Waals surface area contributed by atoms with Crippen LogP contribution in [0.2, 0.25) is 0 Å². The van der Waals surface area contributed by atoms with Gasteiger partial charge in [-0.1, -0.05) is 39.0 Å². The Morgan fingerprint density at radius 3 is 2.58 bits per heavy atom. The minimum absolute atomic E-state index is 0.0550. The Bertz CT molecular complexity index is 423. The Morgan fingerprint density at radius 2 is 2.05 bits per heavy atom. The molecule has 3 N–H and O–H groups in total. The van der Waals surface area contributed by atoms with Gasteiger partial charge in [-0.3, -0.25) is 4.79 Å². The van der Waals surface area contributed by atoms with E-state index in [-0.39, 0.29) is 11.8 Å². The van der Waals surface area contributed by atoms with Gasteiger partial charge in [-0.15, -0.1) is 0 Å². The van der Waals surface area contributed by atoms with Crippen molar-refractivity contribution in [1.29, 1.82) is 0 Å². The molecule has 3 nitrogen and oxygen atoms in total. The van der Waals surface area contributed by atoms with Crippen LogP contribution in [0.1, 0.15) is 49.8 Å². The standard InChI is InChI=1S/C16H26N2O/c1-5-13(9-17)16(19)18-10-15-8-14(11(2)3)7-6-12(15)4/h6-8,11,13H,5,9-10,17H2,1-4H3,(H,18,19). The number of hydrogen-bond acceptors (Lipinski definition) is 2. The van der Waals surface area contributed by atoms with Gasteiger partial charge in [0, 0.05) is 19.0 Å². The summed E-state index contributed by atoms with van der Waals surface area (Å²) in [6.45, 7) is 9.41. The molecule has 1 atom stereocenters. The van der Waals surface area contributed by atoms with Gasteiger partial charge in [0.25, 0.3) is 0 Å². The molecule has 0 heterocycles. The summed E-state index contributed by atoms with van der Waals surface area (Å²) in [6.07, 6.45) is 0.785. The highest BCUT2D eigenvalue weighted by atomic mass is 16.1. The topological polar surface area (TPSA) is 55.1 Å². The van der Waals surface area contributed by atoms with Gasteiger partial charge in [0.15, 0.2) is 0 Å². The van der Waals surface area contributed by atoms with Crippen molar-refractivity contribution in [3.8, 4) is 0 Å². The van der Waals surface area contributed by atoms with E-state index in [1.807, 2.05) is 6.92 Å². The Balaban J connectivity index is 2.72. The highest BCUT2D eigenvalue weighted by molar-refractivity contribution is 5.78. The summed E-state index contributed by atoms with van der Waals surface area (Å²) >= 11 is 0. The molecule has 1 rings (SSSR count). The molecular formula is C16H26N2O. The molecule has 1 aromatic rings. The fraction of sp³-hybridized carbons (Fsp3) is 0.562. The fourth-order valence-corrected chi connectivity index (χ4v) is 2.03. The first-order chi connectivity index (χ1) is 8.99. The SMILES string of the molecule is CCC(CN)C(=O)NCc1cc(C(C)C)ccc1C. The quantitative estimate of drug-likeness (QED) is 0.828. The molecule has 19 heavy (non-hydrogen) atoms. The average Bonchev–Trinajstić information content (AvgIpc) is 2.38. The molecule has 3 heteroatoms. The number of carbonyl (C=O) groups is 1. The molecule has 0 bridgehead atoms. The predicted octanol–water partition coefficient (Wildman–Crippen LogP) is 2.72. The summed E-state index contributed by atoms with van der Waals surface area (Å²) in [5.74, 6) is 0.482. The third-order valence-electron chi connectivity index (χ3n) is 3.64. The summed E-state index contributed by atoms with van der Waals surface area (Å²) in [4.78, 5) is 11.9. The van der Waals surface area contributed by atoms with Crippen LogP contribution in [0.3, 0.4) is 0 Å². The molecule has 1 amide bonds. The number of aryl methyl sites for hydroxylation is 1. The van der Waals surface area contributed by atoms with E-state index >= 15 is 0 Å². The normalized spacial score (nSPS) is 12.5. The molecule has 0 fully saturated rings. The van der Waals surface area contributed by atoms with Crippen LogP contribution in [0.5, 0.6) is 0 Å². The number of benzene rings is 1. The Kier molecular flexibility index (Phi) is 6.03. The summed E-state index contributed by atoms with van der Waals surface area (Å²) in [5.41, 5.74) is 9.29. The van der Waals surface area contributed by atoms with Crippen LogP contribution in [-0.2, 0) is 11.3 Å². The van der Waals surface area contributed by atoms with Crippen molar-refractivity contribution in [2.45, 2.75) is 46.6 Å². The molecule has 0 saturated carbocycles. The van der Waals surface area contributed by atoms with E-state index < -0.39 is 0 Å². The fourth-order valence-electron chi connectivity index (χ4n) is 2.03. The van der Waals surface area contributed by atoms with Crippen LogP contribution in [0.15, 0.2) is 18.2 Å². The Labute approximate surface area is 116 Å². The molecule has 106 valence electrons. The predicted molar refractivity (Wildman–Crippen MR) is 80.0 cm³/mol. The largest absolute Gasteiger partial charge is 0.352 e. The number of rotatable bonds is 6.